The highest BCUT2D eigenvalue weighted by Crippen LogP contribution is 2.33. The van der Waals surface area contributed by atoms with E-state index in [1.165, 1.54) is 31.1 Å². The Hall–Kier alpha value is -2.54. The molecule has 0 fully saturated rings. The van der Waals surface area contributed by atoms with Crippen molar-refractivity contribution in [3.05, 3.63) is 58.7 Å². The van der Waals surface area contributed by atoms with Gasteiger partial charge in [-0.05, 0) is 80.3 Å². The van der Waals surface area contributed by atoms with Gasteiger partial charge in [0.2, 0.25) is 15.9 Å². The standard InChI is InChI=1S/C25H34N2O4S/c1-6-22(21-13-12-19-9-7-8-10-20(19)16-21)26-25(28)18(3)27(32(5,29)30)23-15-17(2)11-14-24(23)31-4/h11-16,18,22H,6-10H2,1-5H3,(H,26,28). The van der Waals surface area contributed by atoms with Crippen LogP contribution in [-0.2, 0) is 27.7 Å². The van der Waals surface area contributed by atoms with Crippen LogP contribution in [0.2, 0.25) is 0 Å². The molecule has 2 aromatic rings. The number of nitrogens with zero attached hydrogens (tertiary/aromatic N) is 1. The normalized spacial score (nSPS) is 15.4. The van der Waals surface area contributed by atoms with Gasteiger partial charge >= 0.3 is 0 Å². The number of aryl methyl sites for hydroxylation is 3. The van der Waals surface area contributed by atoms with Gasteiger partial charge in [-0.3, -0.25) is 9.10 Å². The number of nitrogens with one attached hydrogen (secondary N) is 1. The van der Waals surface area contributed by atoms with Gasteiger partial charge in [0.15, 0.2) is 0 Å². The summed E-state index contributed by atoms with van der Waals surface area (Å²) in [5.74, 6) is 0.0611. The van der Waals surface area contributed by atoms with Crippen LogP contribution < -0.4 is 14.4 Å². The summed E-state index contributed by atoms with van der Waals surface area (Å²) in [5.41, 5.74) is 5.05. The van der Waals surface area contributed by atoms with Gasteiger partial charge in [-0.25, -0.2) is 8.42 Å². The predicted octanol–water partition coefficient (Wildman–Crippen LogP) is 4.30. The van der Waals surface area contributed by atoms with Gasteiger partial charge in [0, 0.05) is 0 Å². The number of rotatable bonds is 8. The van der Waals surface area contributed by atoms with E-state index in [0.717, 1.165) is 34.5 Å². The molecule has 1 N–H and O–H groups in total. The first-order valence-electron chi connectivity index (χ1n) is 11.2. The van der Waals surface area contributed by atoms with Crippen molar-refractivity contribution in [1.82, 2.24) is 5.32 Å². The molecule has 32 heavy (non-hydrogen) atoms. The second-order valence-corrected chi connectivity index (χ2v) is 10.5. The summed E-state index contributed by atoms with van der Waals surface area (Å²) in [6, 6.07) is 10.6. The van der Waals surface area contributed by atoms with Crippen LogP contribution in [0, 0.1) is 6.92 Å². The van der Waals surface area contributed by atoms with Crippen LogP contribution in [-0.4, -0.2) is 33.7 Å². The number of carbonyl (C=O) groups is 1. The van der Waals surface area contributed by atoms with E-state index in [2.05, 4.69) is 23.5 Å². The fourth-order valence-corrected chi connectivity index (χ4v) is 5.61. The first kappa shape index (κ1) is 24.1. The monoisotopic (exact) mass is 458 g/mol. The van der Waals surface area contributed by atoms with Crippen LogP contribution in [0.4, 0.5) is 5.69 Å². The summed E-state index contributed by atoms with van der Waals surface area (Å²) in [6.07, 6.45) is 6.42. The zero-order valence-electron chi connectivity index (χ0n) is 19.6. The predicted molar refractivity (Wildman–Crippen MR) is 129 cm³/mol. The van der Waals surface area contributed by atoms with Gasteiger partial charge in [0.05, 0.1) is 25.1 Å². The van der Waals surface area contributed by atoms with Gasteiger partial charge in [-0.1, -0.05) is 31.2 Å². The van der Waals surface area contributed by atoms with E-state index in [9.17, 15) is 13.2 Å². The molecule has 2 unspecified atom stereocenters. The minimum Gasteiger partial charge on any atom is -0.495 e. The van der Waals surface area contributed by atoms with Crippen molar-refractivity contribution >= 4 is 21.6 Å². The van der Waals surface area contributed by atoms with E-state index >= 15 is 0 Å². The van der Waals surface area contributed by atoms with E-state index < -0.39 is 16.1 Å². The van der Waals surface area contributed by atoms with Crippen LogP contribution in [0.15, 0.2) is 36.4 Å². The number of carbonyl (C=O) groups excluding carboxylic acids is 1. The Balaban J connectivity index is 1.88. The summed E-state index contributed by atoms with van der Waals surface area (Å²) < 4.78 is 32.0. The molecule has 1 amide bonds. The lowest BCUT2D eigenvalue weighted by atomic mass is 9.88. The lowest BCUT2D eigenvalue weighted by Crippen LogP contribution is -2.48. The summed E-state index contributed by atoms with van der Waals surface area (Å²) in [5, 5.41) is 3.08. The van der Waals surface area contributed by atoms with Crippen molar-refractivity contribution in [2.75, 3.05) is 17.7 Å². The van der Waals surface area contributed by atoms with E-state index in [1.807, 2.05) is 19.9 Å². The average Bonchev–Trinajstić information content (AvgIpc) is 2.76. The molecule has 6 nitrogen and oxygen atoms in total. The van der Waals surface area contributed by atoms with Crippen LogP contribution >= 0.6 is 0 Å². The number of hydrogen-bond donors (Lipinski definition) is 1. The molecule has 0 heterocycles. The third kappa shape index (κ3) is 5.26. The zero-order chi connectivity index (χ0) is 23.5. The molecule has 7 heteroatoms. The lowest BCUT2D eigenvalue weighted by Gasteiger charge is -2.31. The van der Waals surface area contributed by atoms with Gasteiger partial charge in [0.1, 0.15) is 11.8 Å². The maximum atomic E-state index is 13.3. The molecule has 1 aliphatic carbocycles. The Morgan fingerprint density at radius 3 is 2.44 bits per heavy atom. The molecule has 3 rings (SSSR count). The van der Waals surface area contributed by atoms with Crippen LogP contribution in [0.3, 0.4) is 0 Å². The molecule has 174 valence electrons. The van der Waals surface area contributed by atoms with E-state index in [1.54, 1.807) is 19.1 Å². The number of fused-ring (bicyclic) bond motifs is 1. The lowest BCUT2D eigenvalue weighted by molar-refractivity contribution is -0.122. The largest absolute Gasteiger partial charge is 0.495 e. The molecule has 2 aromatic carbocycles. The molecule has 0 spiro atoms. The van der Waals surface area contributed by atoms with Crippen LogP contribution in [0.5, 0.6) is 5.75 Å². The molecular formula is C25H34N2O4S. The molecular weight excluding hydrogens is 424 g/mol. The molecule has 2 atom stereocenters. The SMILES string of the molecule is CCC(NC(=O)C(C)N(c1cc(C)ccc1OC)S(C)(=O)=O)c1ccc2c(c1)CCCC2. The molecule has 1 aliphatic rings. The van der Waals surface area contributed by atoms with Crippen molar-refractivity contribution in [1.29, 1.82) is 0 Å². The topological polar surface area (TPSA) is 75.7 Å². The summed E-state index contributed by atoms with van der Waals surface area (Å²) in [6.45, 7) is 5.50. The first-order valence-corrected chi connectivity index (χ1v) is 13.1. The number of anilines is 1. The summed E-state index contributed by atoms with van der Waals surface area (Å²) in [4.78, 5) is 13.3. The Bertz CT molecular complexity index is 1080. The fraction of sp³-hybridized carbons (Fsp3) is 0.480. The number of methoxy groups -OCH3 is 1. The molecule has 0 saturated heterocycles. The minimum absolute atomic E-state index is 0.182. The average molecular weight is 459 g/mol. The molecule has 0 bridgehead atoms. The fourth-order valence-electron chi connectivity index (χ4n) is 4.44. The third-order valence-electron chi connectivity index (χ3n) is 6.16. The highest BCUT2D eigenvalue weighted by atomic mass is 32.2. The number of ether oxygens (including phenoxy) is 1. The second-order valence-electron chi connectivity index (χ2n) is 8.61. The zero-order valence-corrected chi connectivity index (χ0v) is 20.5. The van der Waals surface area contributed by atoms with Gasteiger partial charge in [-0.15, -0.1) is 0 Å². The van der Waals surface area contributed by atoms with E-state index in [4.69, 9.17) is 4.74 Å². The van der Waals surface area contributed by atoms with Crippen molar-refractivity contribution in [3.63, 3.8) is 0 Å². The van der Waals surface area contributed by atoms with E-state index in [-0.39, 0.29) is 11.9 Å². The van der Waals surface area contributed by atoms with Gasteiger partial charge in [-0.2, -0.15) is 0 Å². The Morgan fingerprint density at radius 1 is 1.12 bits per heavy atom. The van der Waals surface area contributed by atoms with Gasteiger partial charge < -0.3 is 10.1 Å². The van der Waals surface area contributed by atoms with Crippen LogP contribution in [0.25, 0.3) is 0 Å². The van der Waals surface area contributed by atoms with E-state index in [0.29, 0.717) is 17.9 Å². The third-order valence-corrected chi connectivity index (χ3v) is 7.39. The van der Waals surface area contributed by atoms with Crippen LogP contribution in [0.1, 0.15) is 61.4 Å². The molecule has 0 aliphatic heterocycles. The maximum absolute atomic E-state index is 13.3. The minimum atomic E-state index is -3.74. The Labute approximate surface area is 192 Å². The van der Waals surface area contributed by atoms with Crippen molar-refractivity contribution < 1.29 is 17.9 Å². The van der Waals surface area contributed by atoms with Crippen molar-refractivity contribution in [3.8, 4) is 5.75 Å². The Kier molecular flexibility index (Phi) is 7.49. The number of sulfonamides is 1. The van der Waals surface area contributed by atoms with Crippen molar-refractivity contribution in [2.45, 2.75) is 65.0 Å². The molecule has 0 aromatic heterocycles. The second kappa shape index (κ2) is 9.94. The van der Waals surface area contributed by atoms with Gasteiger partial charge in [0.25, 0.3) is 0 Å². The molecule has 0 radical (unpaired) electrons. The quantitative estimate of drug-likeness (QED) is 0.640. The smallest absolute Gasteiger partial charge is 0.244 e. The number of benzene rings is 2. The highest BCUT2D eigenvalue weighted by Gasteiger charge is 2.32. The summed E-state index contributed by atoms with van der Waals surface area (Å²) >= 11 is 0. The highest BCUT2D eigenvalue weighted by molar-refractivity contribution is 7.92. The number of amides is 1. The maximum Gasteiger partial charge on any atom is 0.244 e. The summed E-state index contributed by atoms with van der Waals surface area (Å²) in [7, 11) is -2.25. The molecule has 0 saturated carbocycles. The Morgan fingerprint density at radius 2 is 1.81 bits per heavy atom. The first-order chi connectivity index (χ1) is 15.2. The van der Waals surface area contributed by atoms with Crippen molar-refractivity contribution in [2.24, 2.45) is 0 Å². The number of hydrogen-bond acceptors (Lipinski definition) is 4.